The van der Waals surface area contributed by atoms with Crippen LogP contribution >= 0.6 is 18.1 Å². The second-order valence-electron chi connectivity index (χ2n) is 3.47. The summed E-state index contributed by atoms with van der Waals surface area (Å²) in [6, 6.07) is 14.9. The Morgan fingerprint density at radius 3 is 1.06 bits per heavy atom. The normalized spacial score (nSPS) is 16.4. The molecule has 2 aromatic carbocycles. The zero-order chi connectivity index (χ0) is 12.2. The lowest BCUT2D eigenvalue weighted by Gasteiger charge is -2.16. The van der Waals surface area contributed by atoms with Gasteiger partial charge in [-0.05, 0) is 24.3 Å². The molecule has 1 aliphatic heterocycles. The van der Waals surface area contributed by atoms with Gasteiger partial charge in [-0.15, -0.1) is 0 Å². The van der Waals surface area contributed by atoms with Crippen molar-refractivity contribution in [3.63, 3.8) is 0 Å². The van der Waals surface area contributed by atoms with Gasteiger partial charge in [-0.1, -0.05) is 24.3 Å². The summed E-state index contributed by atoms with van der Waals surface area (Å²) in [7, 11) is -0.280. The highest BCUT2D eigenvalue weighted by Crippen LogP contribution is 2.41. The topological polar surface area (TPSA) is 36.9 Å². The molecule has 0 bridgehead atoms. The highest BCUT2D eigenvalue weighted by atomic mass is 31.1. The van der Waals surface area contributed by atoms with E-state index in [1.807, 2.05) is 48.5 Å². The first-order valence-corrected chi connectivity index (χ1v) is 6.92. The van der Waals surface area contributed by atoms with Crippen molar-refractivity contribution >= 4 is 18.1 Å². The molecular weight excluding hydrogens is 270 g/mol. The number of hydrogen-bond acceptors (Lipinski definition) is 4. The lowest BCUT2D eigenvalue weighted by Crippen LogP contribution is -1.94. The van der Waals surface area contributed by atoms with Gasteiger partial charge in [-0.25, -0.2) is 0 Å². The van der Waals surface area contributed by atoms with Crippen molar-refractivity contribution in [3.05, 3.63) is 48.5 Å². The minimum absolute atomic E-state index is 0.140. The number of hydrogen-bond donors (Lipinski definition) is 0. The lowest BCUT2D eigenvalue weighted by molar-refractivity contribution is 0.445. The summed E-state index contributed by atoms with van der Waals surface area (Å²) in [6.45, 7) is 0. The van der Waals surface area contributed by atoms with Gasteiger partial charge < -0.3 is 18.1 Å². The molecule has 0 unspecified atom stereocenters. The minimum Gasteiger partial charge on any atom is -0.437 e. The molecule has 0 atom stereocenters. The van der Waals surface area contributed by atoms with Crippen molar-refractivity contribution in [2.24, 2.45) is 0 Å². The zero-order valence-electron chi connectivity index (χ0n) is 9.25. The molecule has 0 amide bonds. The van der Waals surface area contributed by atoms with Gasteiger partial charge >= 0.3 is 0 Å². The molecule has 0 aliphatic carbocycles. The van der Waals surface area contributed by atoms with Crippen molar-refractivity contribution < 1.29 is 18.1 Å². The SMILES string of the molecule is c1ccc2c(c1)OPOc1ccccc1OPO2. The Labute approximate surface area is 108 Å². The van der Waals surface area contributed by atoms with Crippen LogP contribution in [0.15, 0.2) is 48.5 Å². The van der Waals surface area contributed by atoms with E-state index in [4.69, 9.17) is 18.1 Å². The van der Waals surface area contributed by atoms with Crippen molar-refractivity contribution in [1.29, 1.82) is 0 Å². The largest absolute Gasteiger partial charge is 0.437 e. The van der Waals surface area contributed by atoms with Crippen LogP contribution in [0.3, 0.4) is 0 Å². The van der Waals surface area contributed by atoms with Crippen molar-refractivity contribution in [1.82, 2.24) is 0 Å². The number of benzene rings is 2. The fraction of sp³-hybridized carbons (Fsp3) is 0. The summed E-state index contributed by atoms with van der Waals surface area (Å²) in [4.78, 5) is 0. The first-order valence-electron chi connectivity index (χ1n) is 5.29. The van der Waals surface area contributed by atoms with Crippen LogP contribution in [-0.4, -0.2) is 0 Å². The molecule has 1 heterocycles. The third-order valence-corrected chi connectivity index (χ3v) is 3.52. The van der Waals surface area contributed by atoms with E-state index >= 15 is 0 Å². The number of rotatable bonds is 0. The van der Waals surface area contributed by atoms with E-state index in [9.17, 15) is 0 Å². The van der Waals surface area contributed by atoms with E-state index in [1.54, 1.807) is 0 Å². The fourth-order valence-corrected chi connectivity index (χ4v) is 2.58. The number of para-hydroxylation sites is 4. The molecule has 0 aromatic heterocycles. The molecule has 92 valence electrons. The van der Waals surface area contributed by atoms with Crippen LogP contribution < -0.4 is 18.1 Å². The molecule has 1 aliphatic rings. The molecular formula is C12H10O4P2. The van der Waals surface area contributed by atoms with Crippen LogP contribution in [0, 0.1) is 0 Å². The van der Waals surface area contributed by atoms with Gasteiger partial charge in [0.2, 0.25) is 0 Å². The Morgan fingerprint density at radius 1 is 0.500 bits per heavy atom. The van der Waals surface area contributed by atoms with Gasteiger partial charge in [-0.3, -0.25) is 0 Å². The Kier molecular flexibility index (Phi) is 3.49. The Hall–Kier alpha value is -1.50. The van der Waals surface area contributed by atoms with Gasteiger partial charge in [-0.2, -0.15) is 0 Å². The van der Waals surface area contributed by atoms with Crippen molar-refractivity contribution in [2.45, 2.75) is 0 Å². The molecule has 0 saturated heterocycles. The van der Waals surface area contributed by atoms with Gasteiger partial charge in [0.25, 0.3) is 18.1 Å². The average Bonchev–Trinajstić information content (AvgIpc) is 2.43. The second kappa shape index (κ2) is 5.43. The predicted octanol–water partition coefficient (Wildman–Crippen LogP) is 3.93. The fourth-order valence-electron chi connectivity index (χ4n) is 1.46. The van der Waals surface area contributed by atoms with Gasteiger partial charge in [0.15, 0.2) is 23.0 Å². The highest BCUT2D eigenvalue weighted by Gasteiger charge is 2.11. The van der Waals surface area contributed by atoms with E-state index in [-0.39, 0.29) is 18.1 Å². The average molecular weight is 280 g/mol. The highest BCUT2D eigenvalue weighted by molar-refractivity contribution is 7.27. The molecule has 0 N–H and O–H groups in total. The molecule has 0 saturated carbocycles. The molecule has 3 rings (SSSR count). The van der Waals surface area contributed by atoms with Crippen LogP contribution in [-0.2, 0) is 0 Å². The summed E-state index contributed by atoms with van der Waals surface area (Å²) < 4.78 is 22.2. The Morgan fingerprint density at radius 2 is 0.778 bits per heavy atom. The monoisotopic (exact) mass is 280 g/mol. The minimum atomic E-state index is -0.140. The molecule has 4 nitrogen and oxygen atoms in total. The van der Waals surface area contributed by atoms with Crippen LogP contribution in [0.25, 0.3) is 0 Å². The van der Waals surface area contributed by atoms with Gasteiger partial charge in [0.1, 0.15) is 0 Å². The standard InChI is InChI=1S/C12H10O4P2/c1-2-6-10-9(5-1)13-17-15-11-7-3-4-8-12(11)16-18-14-10/h1-8,17-18H. The lowest BCUT2D eigenvalue weighted by atomic mass is 10.3. The van der Waals surface area contributed by atoms with Crippen LogP contribution in [0.4, 0.5) is 0 Å². The molecule has 2 aromatic rings. The van der Waals surface area contributed by atoms with Crippen molar-refractivity contribution in [3.8, 4) is 23.0 Å². The van der Waals surface area contributed by atoms with E-state index in [0.717, 1.165) is 0 Å². The van der Waals surface area contributed by atoms with Crippen LogP contribution in [0.1, 0.15) is 0 Å². The molecule has 0 spiro atoms. The maximum atomic E-state index is 5.55. The first kappa shape index (κ1) is 11.6. The molecule has 0 fully saturated rings. The van der Waals surface area contributed by atoms with Crippen molar-refractivity contribution in [2.75, 3.05) is 0 Å². The van der Waals surface area contributed by atoms with E-state index in [0.29, 0.717) is 23.0 Å². The Balaban J connectivity index is 1.85. The van der Waals surface area contributed by atoms with Gasteiger partial charge in [0.05, 0.1) is 0 Å². The predicted molar refractivity (Wildman–Crippen MR) is 72.0 cm³/mol. The number of fused-ring (bicyclic) bond motifs is 2. The maximum absolute atomic E-state index is 5.55. The quantitative estimate of drug-likeness (QED) is 0.685. The van der Waals surface area contributed by atoms with Gasteiger partial charge in [0, 0.05) is 0 Å². The first-order chi connectivity index (χ1) is 8.93. The van der Waals surface area contributed by atoms with E-state index < -0.39 is 0 Å². The second-order valence-corrected chi connectivity index (χ2v) is 4.62. The third kappa shape index (κ3) is 2.50. The molecule has 18 heavy (non-hydrogen) atoms. The summed E-state index contributed by atoms with van der Waals surface area (Å²) in [5, 5.41) is 0. The summed E-state index contributed by atoms with van der Waals surface area (Å²) in [6.07, 6.45) is 0. The third-order valence-electron chi connectivity index (χ3n) is 2.30. The van der Waals surface area contributed by atoms with Crippen LogP contribution in [0.2, 0.25) is 0 Å². The van der Waals surface area contributed by atoms with E-state index in [1.165, 1.54) is 0 Å². The zero-order valence-corrected chi connectivity index (χ0v) is 11.3. The Bertz CT molecular complexity index is 452. The van der Waals surface area contributed by atoms with E-state index in [2.05, 4.69) is 0 Å². The maximum Gasteiger partial charge on any atom is 0.275 e. The summed E-state index contributed by atoms with van der Waals surface area (Å²) >= 11 is 0. The molecule has 6 heteroatoms. The van der Waals surface area contributed by atoms with Crippen LogP contribution in [0.5, 0.6) is 23.0 Å². The summed E-state index contributed by atoms with van der Waals surface area (Å²) in [5.74, 6) is 2.63. The molecule has 0 radical (unpaired) electrons. The summed E-state index contributed by atoms with van der Waals surface area (Å²) in [5.41, 5.74) is 0. The smallest absolute Gasteiger partial charge is 0.275 e.